The van der Waals surface area contributed by atoms with E-state index in [4.69, 9.17) is 21.1 Å². The topological polar surface area (TPSA) is 86.2 Å². The Labute approximate surface area is 138 Å². The van der Waals surface area contributed by atoms with Crippen molar-refractivity contribution in [3.63, 3.8) is 0 Å². The van der Waals surface area contributed by atoms with Gasteiger partial charge in [-0.3, -0.25) is 10.1 Å². The van der Waals surface area contributed by atoms with Crippen molar-refractivity contribution >= 4 is 23.5 Å². The van der Waals surface area contributed by atoms with Gasteiger partial charge in [-0.15, -0.1) is 0 Å². The summed E-state index contributed by atoms with van der Waals surface area (Å²) in [6.07, 6.45) is 6.12. The Hall–Kier alpha value is -2.25. The van der Waals surface area contributed by atoms with Gasteiger partial charge in [0.1, 0.15) is 11.1 Å². The first kappa shape index (κ1) is 15.6. The standard InChI is InChI=1S/C15H15ClN4O3/c16-12-8-10(13(21)20-15-17-4-1-5-18-15)9-19-14(12)23-11-2-6-22-7-3-11/h1,4-5,8-9,11H,2-3,6-7H2,(H,17,18,20,21). The maximum atomic E-state index is 12.1. The zero-order valence-electron chi connectivity index (χ0n) is 12.2. The first-order valence-corrected chi connectivity index (χ1v) is 7.58. The van der Waals surface area contributed by atoms with Crippen LogP contribution in [-0.2, 0) is 4.74 Å². The Morgan fingerprint density at radius 2 is 2.00 bits per heavy atom. The third-order valence-electron chi connectivity index (χ3n) is 3.31. The fourth-order valence-corrected chi connectivity index (χ4v) is 2.34. The monoisotopic (exact) mass is 334 g/mol. The molecule has 1 N–H and O–H groups in total. The fourth-order valence-electron chi connectivity index (χ4n) is 2.13. The average Bonchev–Trinajstić information content (AvgIpc) is 2.58. The molecule has 23 heavy (non-hydrogen) atoms. The van der Waals surface area contributed by atoms with Crippen molar-refractivity contribution in [1.29, 1.82) is 0 Å². The smallest absolute Gasteiger partial charge is 0.259 e. The summed E-state index contributed by atoms with van der Waals surface area (Å²) in [5.41, 5.74) is 0.307. The molecule has 8 heteroatoms. The van der Waals surface area contributed by atoms with Crippen LogP contribution in [0.5, 0.6) is 5.88 Å². The molecule has 0 unspecified atom stereocenters. The van der Waals surface area contributed by atoms with Gasteiger partial charge in [0.15, 0.2) is 0 Å². The van der Waals surface area contributed by atoms with Crippen molar-refractivity contribution < 1.29 is 14.3 Å². The zero-order valence-corrected chi connectivity index (χ0v) is 13.0. The molecule has 0 saturated carbocycles. The van der Waals surface area contributed by atoms with E-state index >= 15 is 0 Å². The van der Waals surface area contributed by atoms with Crippen molar-refractivity contribution in [1.82, 2.24) is 15.0 Å². The normalized spacial score (nSPS) is 15.2. The third kappa shape index (κ3) is 4.14. The Kier molecular flexibility index (Phi) is 4.99. The molecule has 1 amide bonds. The van der Waals surface area contributed by atoms with Crippen LogP contribution in [0.3, 0.4) is 0 Å². The van der Waals surface area contributed by atoms with Gasteiger partial charge in [0, 0.05) is 31.4 Å². The summed E-state index contributed by atoms with van der Waals surface area (Å²) in [6, 6.07) is 3.18. The van der Waals surface area contributed by atoms with E-state index in [1.54, 1.807) is 18.5 Å². The maximum Gasteiger partial charge on any atom is 0.259 e. The number of anilines is 1. The third-order valence-corrected chi connectivity index (χ3v) is 3.58. The van der Waals surface area contributed by atoms with E-state index in [1.165, 1.54) is 12.3 Å². The van der Waals surface area contributed by atoms with Gasteiger partial charge in [-0.2, -0.15) is 0 Å². The van der Waals surface area contributed by atoms with Gasteiger partial charge >= 0.3 is 0 Å². The van der Waals surface area contributed by atoms with Crippen LogP contribution in [0.25, 0.3) is 0 Å². The van der Waals surface area contributed by atoms with E-state index in [0.717, 1.165) is 12.8 Å². The molecule has 7 nitrogen and oxygen atoms in total. The minimum absolute atomic E-state index is 0.0335. The molecule has 0 spiro atoms. The molecular formula is C15H15ClN4O3. The van der Waals surface area contributed by atoms with Gasteiger partial charge in [0.25, 0.3) is 5.91 Å². The molecule has 3 heterocycles. The molecule has 0 bridgehead atoms. The molecule has 1 saturated heterocycles. The quantitative estimate of drug-likeness (QED) is 0.923. The highest BCUT2D eigenvalue weighted by molar-refractivity contribution is 6.32. The van der Waals surface area contributed by atoms with Crippen LogP contribution in [-0.4, -0.2) is 40.2 Å². The van der Waals surface area contributed by atoms with Crippen LogP contribution in [0.1, 0.15) is 23.2 Å². The van der Waals surface area contributed by atoms with E-state index in [0.29, 0.717) is 24.7 Å². The van der Waals surface area contributed by atoms with E-state index < -0.39 is 0 Å². The summed E-state index contributed by atoms with van der Waals surface area (Å²) in [5, 5.41) is 2.86. The summed E-state index contributed by atoms with van der Waals surface area (Å²) in [6.45, 7) is 1.33. The number of nitrogens with zero attached hydrogens (tertiary/aromatic N) is 3. The molecule has 1 aliphatic rings. The minimum atomic E-state index is -0.386. The van der Waals surface area contributed by atoms with Gasteiger partial charge < -0.3 is 9.47 Å². The molecule has 0 aromatic carbocycles. The van der Waals surface area contributed by atoms with Crippen molar-refractivity contribution in [3.8, 4) is 5.88 Å². The van der Waals surface area contributed by atoms with E-state index in [2.05, 4.69) is 20.3 Å². The number of hydrogen-bond acceptors (Lipinski definition) is 6. The average molecular weight is 335 g/mol. The Morgan fingerprint density at radius 1 is 1.26 bits per heavy atom. The van der Waals surface area contributed by atoms with E-state index in [-0.39, 0.29) is 23.0 Å². The lowest BCUT2D eigenvalue weighted by molar-refractivity contribution is 0.0238. The van der Waals surface area contributed by atoms with Gasteiger partial charge in [0.05, 0.1) is 18.8 Å². The van der Waals surface area contributed by atoms with Gasteiger partial charge in [-0.1, -0.05) is 11.6 Å². The highest BCUT2D eigenvalue weighted by Crippen LogP contribution is 2.25. The summed E-state index contributed by atoms with van der Waals surface area (Å²) < 4.78 is 11.0. The Morgan fingerprint density at radius 3 is 2.70 bits per heavy atom. The molecule has 1 aliphatic heterocycles. The Balaban J connectivity index is 1.67. The number of halogens is 1. The summed E-state index contributed by atoms with van der Waals surface area (Å²) >= 11 is 6.17. The van der Waals surface area contributed by atoms with Crippen molar-refractivity contribution in [2.75, 3.05) is 18.5 Å². The van der Waals surface area contributed by atoms with Crippen molar-refractivity contribution in [2.45, 2.75) is 18.9 Å². The largest absolute Gasteiger partial charge is 0.473 e. The number of rotatable bonds is 4. The molecule has 0 atom stereocenters. The van der Waals surface area contributed by atoms with Crippen molar-refractivity contribution in [3.05, 3.63) is 41.3 Å². The predicted octanol–water partition coefficient (Wildman–Crippen LogP) is 2.34. The summed E-state index contributed by atoms with van der Waals surface area (Å²) in [5.74, 6) is 0.158. The van der Waals surface area contributed by atoms with Gasteiger partial charge in [-0.05, 0) is 12.1 Å². The molecule has 3 rings (SSSR count). The van der Waals surface area contributed by atoms with Gasteiger partial charge in [0.2, 0.25) is 11.8 Å². The molecular weight excluding hydrogens is 320 g/mol. The lowest BCUT2D eigenvalue weighted by Gasteiger charge is -2.23. The number of ether oxygens (including phenoxy) is 2. The first-order valence-electron chi connectivity index (χ1n) is 7.20. The predicted molar refractivity (Wildman–Crippen MR) is 83.7 cm³/mol. The van der Waals surface area contributed by atoms with Crippen LogP contribution < -0.4 is 10.1 Å². The van der Waals surface area contributed by atoms with E-state index in [1.807, 2.05) is 0 Å². The first-order chi connectivity index (χ1) is 11.2. The fraction of sp³-hybridized carbons (Fsp3) is 0.333. The molecule has 2 aromatic rings. The molecule has 0 radical (unpaired) electrons. The number of aromatic nitrogens is 3. The van der Waals surface area contributed by atoms with E-state index in [9.17, 15) is 4.79 Å². The van der Waals surface area contributed by atoms with Crippen LogP contribution >= 0.6 is 11.6 Å². The summed E-state index contributed by atoms with van der Waals surface area (Å²) in [4.78, 5) is 24.1. The lowest BCUT2D eigenvalue weighted by Crippen LogP contribution is -2.26. The van der Waals surface area contributed by atoms with Crippen LogP contribution in [0.2, 0.25) is 5.02 Å². The number of nitrogens with one attached hydrogen (secondary N) is 1. The van der Waals surface area contributed by atoms with Crippen LogP contribution in [0.4, 0.5) is 5.95 Å². The second-order valence-electron chi connectivity index (χ2n) is 4.97. The molecule has 0 aliphatic carbocycles. The Bertz CT molecular complexity index is 678. The number of carbonyl (C=O) groups excluding carboxylic acids is 1. The maximum absolute atomic E-state index is 12.1. The second kappa shape index (κ2) is 7.34. The SMILES string of the molecule is O=C(Nc1ncccn1)c1cnc(OC2CCOCC2)c(Cl)c1. The number of carbonyl (C=O) groups is 1. The molecule has 1 fully saturated rings. The number of hydrogen-bond donors (Lipinski definition) is 1. The highest BCUT2D eigenvalue weighted by Gasteiger charge is 2.18. The summed E-state index contributed by atoms with van der Waals surface area (Å²) in [7, 11) is 0. The van der Waals surface area contributed by atoms with Crippen LogP contribution in [0.15, 0.2) is 30.7 Å². The van der Waals surface area contributed by atoms with Crippen LogP contribution in [0, 0.1) is 0 Å². The van der Waals surface area contributed by atoms with Crippen molar-refractivity contribution in [2.24, 2.45) is 0 Å². The molecule has 2 aromatic heterocycles. The number of pyridine rings is 1. The zero-order chi connectivity index (χ0) is 16.1. The van der Waals surface area contributed by atoms with Gasteiger partial charge in [-0.25, -0.2) is 15.0 Å². The molecule has 120 valence electrons. The second-order valence-corrected chi connectivity index (χ2v) is 5.37. The highest BCUT2D eigenvalue weighted by atomic mass is 35.5. The number of amides is 1. The minimum Gasteiger partial charge on any atom is -0.473 e. The lowest BCUT2D eigenvalue weighted by atomic mass is 10.1.